The molecule has 0 radical (unpaired) electrons. The molecule has 2 aliphatic heterocycles. The van der Waals surface area contributed by atoms with Gasteiger partial charge in [-0.05, 0) is 41.7 Å². The van der Waals surface area contributed by atoms with Crippen LogP contribution in [0.4, 0.5) is 0 Å². The summed E-state index contributed by atoms with van der Waals surface area (Å²) in [6.07, 6.45) is 0.532. The zero-order valence-corrected chi connectivity index (χ0v) is 14.6. The van der Waals surface area contributed by atoms with E-state index in [-0.39, 0.29) is 11.8 Å². The van der Waals surface area contributed by atoms with Gasteiger partial charge in [0, 0.05) is 31.6 Å². The molecule has 0 aliphatic carbocycles. The SMILES string of the molecule is O=C1CC2CN(C(=O)c3ccc(COc4ccccc4)cc3)CC2CN1. The third kappa shape index (κ3) is 3.57. The van der Waals surface area contributed by atoms with Gasteiger partial charge in [-0.15, -0.1) is 0 Å². The highest BCUT2D eigenvalue weighted by molar-refractivity contribution is 5.94. The Labute approximate surface area is 153 Å². The van der Waals surface area contributed by atoms with Crippen molar-refractivity contribution in [2.75, 3.05) is 19.6 Å². The Balaban J connectivity index is 1.36. The van der Waals surface area contributed by atoms with Crippen LogP contribution in [0.25, 0.3) is 0 Å². The number of likely N-dealkylation sites (tertiary alicyclic amines) is 1. The lowest BCUT2D eigenvalue weighted by atomic mass is 9.89. The number of carbonyl (C=O) groups is 2. The molecule has 1 N–H and O–H groups in total. The van der Waals surface area contributed by atoms with Crippen molar-refractivity contribution in [3.63, 3.8) is 0 Å². The van der Waals surface area contributed by atoms with Crippen molar-refractivity contribution >= 4 is 11.8 Å². The molecule has 2 atom stereocenters. The normalized spacial score (nSPS) is 21.8. The van der Waals surface area contributed by atoms with Crippen molar-refractivity contribution < 1.29 is 14.3 Å². The van der Waals surface area contributed by atoms with Crippen molar-refractivity contribution in [3.05, 3.63) is 65.7 Å². The summed E-state index contributed by atoms with van der Waals surface area (Å²) in [6, 6.07) is 17.3. The number of para-hydroxylation sites is 1. The highest BCUT2D eigenvalue weighted by Crippen LogP contribution is 2.29. The molecule has 0 bridgehead atoms. The highest BCUT2D eigenvalue weighted by Gasteiger charge is 2.39. The van der Waals surface area contributed by atoms with Gasteiger partial charge in [0.15, 0.2) is 0 Å². The van der Waals surface area contributed by atoms with E-state index in [9.17, 15) is 9.59 Å². The molecule has 2 saturated heterocycles. The van der Waals surface area contributed by atoms with E-state index in [1.54, 1.807) is 0 Å². The van der Waals surface area contributed by atoms with Crippen LogP contribution in [0.2, 0.25) is 0 Å². The molecule has 0 aromatic heterocycles. The maximum atomic E-state index is 12.8. The molecule has 0 spiro atoms. The standard InChI is InChI=1S/C21H22N2O3/c24-20-10-17-12-23(13-18(17)11-22-20)21(25)16-8-6-15(7-9-16)14-26-19-4-2-1-3-5-19/h1-9,17-18H,10-14H2,(H,22,24). The van der Waals surface area contributed by atoms with Crippen LogP contribution in [0, 0.1) is 11.8 Å². The van der Waals surface area contributed by atoms with E-state index >= 15 is 0 Å². The Bertz CT molecular complexity index is 789. The topological polar surface area (TPSA) is 58.6 Å². The van der Waals surface area contributed by atoms with Crippen LogP contribution in [0.5, 0.6) is 5.75 Å². The number of carbonyl (C=O) groups excluding carboxylic acids is 2. The Kier molecular flexibility index (Phi) is 4.61. The van der Waals surface area contributed by atoms with Gasteiger partial charge in [-0.1, -0.05) is 30.3 Å². The molecule has 5 nitrogen and oxygen atoms in total. The van der Waals surface area contributed by atoms with Crippen LogP contribution in [-0.4, -0.2) is 36.3 Å². The fourth-order valence-corrected chi connectivity index (χ4v) is 3.73. The molecule has 134 valence electrons. The Morgan fingerprint density at radius 1 is 1.04 bits per heavy atom. The molecule has 0 saturated carbocycles. The van der Waals surface area contributed by atoms with E-state index in [0.29, 0.717) is 43.5 Å². The van der Waals surface area contributed by atoms with Gasteiger partial charge in [0.2, 0.25) is 5.91 Å². The third-order valence-corrected chi connectivity index (χ3v) is 5.22. The van der Waals surface area contributed by atoms with Crippen LogP contribution in [0.1, 0.15) is 22.3 Å². The van der Waals surface area contributed by atoms with Crippen LogP contribution in [-0.2, 0) is 11.4 Å². The molecule has 5 heteroatoms. The Morgan fingerprint density at radius 2 is 1.77 bits per heavy atom. The van der Waals surface area contributed by atoms with Crippen LogP contribution >= 0.6 is 0 Å². The second kappa shape index (κ2) is 7.20. The second-order valence-electron chi connectivity index (χ2n) is 7.04. The summed E-state index contributed by atoms with van der Waals surface area (Å²) in [5.74, 6) is 1.66. The van der Waals surface area contributed by atoms with Gasteiger partial charge in [-0.25, -0.2) is 0 Å². The molecule has 2 fully saturated rings. The first-order valence-electron chi connectivity index (χ1n) is 9.02. The molecule has 2 aromatic carbocycles. The monoisotopic (exact) mass is 350 g/mol. The van der Waals surface area contributed by atoms with E-state index in [2.05, 4.69) is 5.32 Å². The first-order valence-corrected chi connectivity index (χ1v) is 9.02. The zero-order valence-electron chi connectivity index (χ0n) is 14.6. The van der Waals surface area contributed by atoms with Crippen molar-refractivity contribution in [1.82, 2.24) is 10.2 Å². The van der Waals surface area contributed by atoms with Crippen LogP contribution in [0.3, 0.4) is 0 Å². The zero-order chi connectivity index (χ0) is 17.9. The molecular formula is C21H22N2O3. The molecule has 2 aromatic rings. The summed E-state index contributed by atoms with van der Waals surface area (Å²) in [5, 5.41) is 2.90. The number of benzene rings is 2. The van der Waals surface area contributed by atoms with E-state index in [4.69, 9.17) is 4.74 Å². The summed E-state index contributed by atoms with van der Waals surface area (Å²) in [7, 11) is 0. The van der Waals surface area contributed by atoms with Gasteiger partial charge in [-0.2, -0.15) is 0 Å². The third-order valence-electron chi connectivity index (χ3n) is 5.22. The largest absolute Gasteiger partial charge is 0.489 e. The van der Waals surface area contributed by atoms with Gasteiger partial charge in [-0.3, -0.25) is 9.59 Å². The Hall–Kier alpha value is -2.82. The maximum absolute atomic E-state index is 12.8. The summed E-state index contributed by atoms with van der Waals surface area (Å²) >= 11 is 0. The molecule has 2 aliphatic rings. The number of piperidine rings is 1. The van der Waals surface area contributed by atoms with Gasteiger partial charge in [0.1, 0.15) is 12.4 Å². The van der Waals surface area contributed by atoms with Crippen molar-refractivity contribution in [2.45, 2.75) is 13.0 Å². The molecule has 4 rings (SSSR count). The lowest BCUT2D eigenvalue weighted by molar-refractivity contribution is -0.124. The Morgan fingerprint density at radius 3 is 2.54 bits per heavy atom. The summed E-state index contributed by atoms with van der Waals surface area (Å²) in [6.45, 7) is 2.56. The minimum atomic E-state index is 0.0439. The minimum absolute atomic E-state index is 0.0439. The number of hydrogen-bond donors (Lipinski definition) is 1. The van der Waals surface area contributed by atoms with Gasteiger partial charge in [0.25, 0.3) is 5.91 Å². The van der Waals surface area contributed by atoms with Gasteiger partial charge < -0.3 is 15.0 Å². The summed E-state index contributed by atoms with van der Waals surface area (Å²) < 4.78 is 5.73. The van der Waals surface area contributed by atoms with E-state index in [0.717, 1.165) is 17.9 Å². The molecular weight excluding hydrogens is 328 g/mol. The lowest BCUT2D eigenvalue weighted by Gasteiger charge is -2.23. The number of hydrogen-bond acceptors (Lipinski definition) is 3. The van der Waals surface area contributed by atoms with Crippen molar-refractivity contribution in [1.29, 1.82) is 0 Å². The van der Waals surface area contributed by atoms with E-state index in [1.165, 1.54) is 0 Å². The summed E-state index contributed by atoms with van der Waals surface area (Å²) in [4.78, 5) is 26.2. The molecule has 2 heterocycles. The molecule has 2 unspecified atom stereocenters. The number of nitrogens with zero attached hydrogens (tertiary/aromatic N) is 1. The van der Waals surface area contributed by atoms with Crippen LogP contribution in [0.15, 0.2) is 54.6 Å². The van der Waals surface area contributed by atoms with Gasteiger partial charge >= 0.3 is 0 Å². The fraction of sp³-hybridized carbons (Fsp3) is 0.333. The maximum Gasteiger partial charge on any atom is 0.253 e. The minimum Gasteiger partial charge on any atom is -0.489 e. The number of rotatable bonds is 4. The number of amides is 2. The molecule has 2 amide bonds. The van der Waals surface area contributed by atoms with Crippen molar-refractivity contribution in [2.24, 2.45) is 11.8 Å². The smallest absolute Gasteiger partial charge is 0.253 e. The summed E-state index contributed by atoms with van der Waals surface area (Å²) in [5.41, 5.74) is 1.71. The average molecular weight is 350 g/mol. The van der Waals surface area contributed by atoms with E-state index in [1.807, 2.05) is 59.5 Å². The van der Waals surface area contributed by atoms with E-state index < -0.39 is 0 Å². The predicted molar refractivity (Wildman–Crippen MR) is 97.7 cm³/mol. The molecule has 26 heavy (non-hydrogen) atoms. The second-order valence-corrected chi connectivity index (χ2v) is 7.04. The fourth-order valence-electron chi connectivity index (χ4n) is 3.73. The first kappa shape index (κ1) is 16.6. The average Bonchev–Trinajstić information content (AvgIpc) is 3.10. The number of ether oxygens (including phenoxy) is 1. The quantitative estimate of drug-likeness (QED) is 0.922. The van der Waals surface area contributed by atoms with Crippen LogP contribution < -0.4 is 10.1 Å². The number of fused-ring (bicyclic) bond motifs is 1. The van der Waals surface area contributed by atoms with Crippen molar-refractivity contribution in [3.8, 4) is 5.75 Å². The predicted octanol–water partition coefficient (Wildman–Crippen LogP) is 2.47. The lowest BCUT2D eigenvalue weighted by Crippen LogP contribution is -2.40. The first-order chi connectivity index (χ1) is 12.7. The number of nitrogens with one attached hydrogen (secondary N) is 1. The highest BCUT2D eigenvalue weighted by atomic mass is 16.5. The van der Waals surface area contributed by atoms with Gasteiger partial charge in [0.05, 0.1) is 0 Å².